The Kier molecular flexibility index (Phi) is 2.80. The molecule has 0 saturated carbocycles. The number of nitrogens with two attached hydrogens (primary N) is 1. The molecule has 0 fully saturated rings. The van der Waals surface area contributed by atoms with Crippen LogP contribution in [0.25, 0.3) is 5.82 Å². The Morgan fingerprint density at radius 3 is 2.47 bits per heavy atom. The van der Waals surface area contributed by atoms with E-state index in [1.165, 1.54) is 17.1 Å². The predicted octanol–water partition coefficient (Wildman–Crippen LogP) is 1.14. The molecular formula is C9H8F3N5. The standard InChI is InChI=1S/C9H8F3N5/c10-9(11,12)6-1-2-8(14-4-6)17-5-15-7(3-13)16-17/h1-2,4-5H,3,13H2. The Morgan fingerprint density at radius 1 is 1.24 bits per heavy atom. The van der Waals surface area contributed by atoms with Crippen LogP contribution in [0.3, 0.4) is 0 Å². The van der Waals surface area contributed by atoms with Crippen LogP contribution >= 0.6 is 0 Å². The molecule has 0 aromatic carbocycles. The number of aromatic nitrogens is 4. The maximum atomic E-state index is 12.3. The van der Waals surface area contributed by atoms with Crippen LogP contribution in [0.15, 0.2) is 24.7 Å². The highest BCUT2D eigenvalue weighted by Crippen LogP contribution is 2.28. The van der Waals surface area contributed by atoms with E-state index >= 15 is 0 Å². The van der Waals surface area contributed by atoms with Gasteiger partial charge in [0, 0.05) is 6.20 Å². The third-order valence-corrected chi connectivity index (χ3v) is 2.03. The minimum Gasteiger partial charge on any atom is -0.324 e. The van der Waals surface area contributed by atoms with E-state index in [0.29, 0.717) is 5.82 Å². The molecule has 0 aliphatic carbocycles. The first-order valence-electron chi connectivity index (χ1n) is 4.65. The van der Waals surface area contributed by atoms with E-state index in [1.54, 1.807) is 0 Å². The molecule has 2 aromatic heterocycles. The summed E-state index contributed by atoms with van der Waals surface area (Å²) in [6, 6.07) is 2.16. The van der Waals surface area contributed by atoms with E-state index in [2.05, 4.69) is 15.1 Å². The van der Waals surface area contributed by atoms with Gasteiger partial charge in [-0.2, -0.15) is 13.2 Å². The lowest BCUT2D eigenvalue weighted by molar-refractivity contribution is -0.137. The second-order valence-corrected chi connectivity index (χ2v) is 3.21. The number of halogens is 3. The number of hydrogen-bond donors (Lipinski definition) is 1. The molecule has 2 rings (SSSR count). The van der Waals surface area contributed by atoms with Crippen molar-refractivity contribution in [3.05, 3.63) is 36.0 Å². The van der Waals surface area contributed by atoms with Gasteiger partial charge in [-0.25, -0.2) is 14.6 Å². The Labute approximate surface area is 94.1 Å². The van der Waals surface area contributed by atoms with E-state index < -0.39 is 11.7 Å². The topological polar surface area (TPSA) is 69.6 Å². The summed E-state index contributed by atoms with van der Waals surface area (Å²) in [7, 11) is 0. The van der Waals surface area contributed by atoms with Crippen molar-refractivity contribution in [2.24, 2.45) is 5.73 Å². The highest BCUT2D eigenvalue weighted by atomic mass is 19.4. The van der Waals surface area contributed by atoms with E-state index in [1.807, 2.05) is 0 Å². The predicted molar refractivity (Wildman–Crippen MR) is 52.0 cm³/mol. The maximum Gasteiger partial charge on any atom is 0.417 e. The largest absolute Gasteiger partial charge is 0.417 e. The molecule has 5 nitrogen and oxygen atoms in total. The molecule has 2 aromatic rings. The van der Waals surface area contributed by atoms with Crippen molar-refractivity contribution in [1.29, 1.82) is 0 Å². The van der Waals surface area contributed by atoms with Gasteiger partial charge in [-0.3, -0.25) is 0 Å². The summed E-state index contributed by atoms with van der Waals surface area (Å²) in [6.45, 7) is 0.160. The molecule has 0 saturated heterocycles. The van der Waals surface area contributed by atoms with Crippen LogP contribution in [-0.2, 0) is 12.7 Å². The lowest BCUT2D eigenvalue weighted by Crippen LogP contribution is -2.07. The van der Waals surface area contributed by atoms with Gasteiger partial charge >= 0.3 is 6.18 Å². The molecule has 0 aliphatic rings. The van der Waals surface area contributed by atoms with Gasteiger partial charge < -0.3 is 5.73 Å². The number of rotatable bonds is 2. The summed E-state index contributed by atoms with van der Waals surface area (Å²) in [4.78, 5) is 7.51. The SMILES string of the molecule is NCc1ncn(-c2ccc(C(F)(F)F)cn2)n1. The summed E-state index contributed by atoms with van der Waals surface area (Å²) < 4.78 is 38.1. The quantitative estimate of drug-likeness (QED) is 0.858. The van der Waals surface area contributed by atoms with Gasteiger partial charge in [-0.15, -0.1) is 5.10 Å². The molecular weight excluding hydrogens is 235 g/mol. The van der Waals surface area contributed by atoms with Crippen LogP contribution in [0.4, 0.5) is 13.2 Å². The Bertz CT molecular complexity index is 502. The highest BCUT2D eigenvalue weighted by molar-refractivity contribution is 5.25. The minimum absolute atomic E-state index is 0.160. The zero-order chi connectivity index (χ0) is 12.5. The lowest BCUT2D eigenvalue weighted by Gasteiger charge is -2.06. The average Bonchev–Trinajstić information content (AvgIpc) is 2.76. The van der Waals surface area contributed by atoms with Crippen LogP contribution in [0.5, 0.6) is 0 Å². The third kappa shape index (κ3) is 2.41. The van der Waals surface area contributed by atoms with Crippen LogP contribution in [0.1, 0.15) is 11.4 Å². The van der Waals surface area contributed by atoms with Gasteiger partial charge in [0.15, 0.2) is 11.6 Å². The zero-order valence-electron chi connectivity index (χ0n) is 8.52. The number of nitrogens with zero attached hydrogens (tertiary/aromatic N) is 4. The van der Waals surface area contributed by atoms with Crippen LogP contribution < -0.4 is 5.73 Å². The zero-order valence-corrected chi connectivity index (χ0v) is 8.52. The Balaban J connectivity index is 2.29. The van der Waals surface area contributed by atoms with E-state index in [-0.39, 0.29) is 12.4 Å². The Morgan fingerprint density at radius 2 is 2.00 bits per heavy atom. The van der Waals surface area contributed by atoms with Gasteiger partial charge in [0.05, 0.1) is 12.1 Å². The molecule has 2 N–H and O–H groups in total. The maximum absolute atomic E-state index is 12.3. The summed E-state index contributed by atoms with van der Waals surface area (Å²) in [6.07, 6.45) is -2.30. The van der Waals surface area contributed by atoms with Crippen molar-refractivity contribution in [3.63, 3.8) is 0 Å². The second-order valence-electron chi connectivity index (χ2n) is 3.21. The van der Waals surface area contributed by atoms with Crippen molar-refractivity contribution in [2.75, 3.05) is 0 Å². The fraction of sp³-hybridized carbons (Fsp3) is 0.222. The fourth-order valence-corrected chi connectivity index (χ4v) is 1.19. The van der Waals surface area contributed by atoms with Crippen molar-refractivity contribution in [1.82, 2.24) is 19.7 Å². The summed E-state index contributed by atoms with van der Waals surface area (Å²) in [5, 5.41) is 3.93. The smallest absolute Gasteiger partial charge is 0.324 e. The second kappa shape index (κ2) is 4.13. The first-order valence-corrected chi connectivity index (χ1v) is 4.65. The normalized spacial score (nSPS) is 11.8. The van der Waals surface area contributed by atoms with Crippen LogP contribution in [0.2, 0.25) is 0 Å². The molecule has 0 radical (unpaired) electrons. The van der Waals surface area contributed by atoms with Crippen molar-refractivity contribution in [3.8, 4) is 5.82 Å². The van der Waals surface area contributed by atoms with Crippen molar-refractivity contribution in [2.45, 2.75) is 12.7 Å². The van der Waals surface area contributed by atoms with E-state index in [9.17, 15) is 13.2 Å². The van der Waals surface area contributed by atoms with Crippen molar-refractivity contribution >= 4 is 0 Å². The van der Waals surface area contributed by atoms with Gasteiger partial charge in [0.2, 0.25) is 0 Å². The molecule has 0 aliphatic heterocycles. The van der Waals surface area contributed by atoms with Gasteiger partial charge in [-0.1, -0.05) is 0 Å². The first kappa shape index (κ1) is 11.5. The summed E-state index contributed by atoms with van der Waals surface area (Å²) in [5.74, 6) is 0.650. The first-order chi connectivity index (χ1) is 8.00. The van der Waals surface area contributed by atoms with E-state index in [4.69, 9.17) is 5.73 Å². The van der Waals surface area contributed by atoms with E-state index in [0.717, 1.165) is 12.3 Å². The monoisotopic (exact) mass is 243 g/mol. The number of hydrogen-bond acceptors (Lipinski definition) is 4. The summed E-state index contributed by atoms with van der Waals surface area (Å²) in [5.41, 5.74) is 4.51. The fourth-order valence-electron chi connectivity index (χ4n) is 1.19. The summed E-state index contributed by atoms with van der Waals surface area (Å²) >= 11 is 0. The average molecular weight is 243 g/mol. The molecule has 90 valence electrons. The van der Waals surface area contributed by atoms with Crippen molar-refractivity contribution < 1.29 is 13.2 Å². The highest BCUT2D eigenvalue weighted by Gasteiger charge is 2.30. The molecule has 2 heterocycles. The number of pyridine rings is 1. The van der Waals surface area contributed by atoms with Gasteiger partial charge in [0.1, 0.15) is 6.33 Å². The molecule has 0 bridgehead atoms. The minimum atomic E-state index is -4.39. The van der Waals surface area contributed by atoms with Gasteiger partial charge in [-0.05, 0) is 12.1 Å². The van der Waals surface area contributed by atoms with Crippen LogP contribution in [-0.4, -0.2) is 19.7 Å². The molecule has 0 spiro atoms. The third-order valence-electron chi connectivity index (χ3n) is 2.03. The molecule has 0 amide bonds. The Hall–Kier alpha value is -1.96. The molecule has 17 heavy (non-hydrogen) atoms. The van der Waals surface area contributed by atoms with Crippen LogP contribution in [0, 0.1) is 0 Å². The molecule has 0 atom stereocenters. The molecule has 0 unspecified atom stereocenters. The lowest BCUT2D eigenvalue weighted by atomic mass is 10.3. The molecule has 8 heteroatoms. The number of alkyl halides is 3. The van der Waals surface area contributed by atoms with Gasteiger partial charge in [0.25, 0.3) is 0 Å².